The van der Waals surface area contributed by atoms with Crippen molar-refractivity contribution in [2.45, 2.75) is 37.7 Å². The summed E-state index contributed by atoms with van der Waals surface area (Å²) >= 11 is 0. The Kier molecular flexibility index (Phi) is 4.44. The topological polar surface area (TPSA) is 42.4 Å². The molecule has 0 amide bonds. The highest BCUT2D eigenvalue weighted by atomic mass is 16.5. The summed E-state index contributed by atoms with van der Waals surface area (Å²) in [6.45, 7) is 0. The second-order valence-corrected chi connectivity index (χ2v) is 6.12. The molecule has 116 valence electrons. The zero-order valence-corrected chi connectivity index (χ0v) is 13.0. The van der Waals surface area contributed by atoms with E-state index in [9.17, 15) is 5.11 Å². The fourth-order valence-electron chi connectivity index (χ4n) is 3.53. The minimum Gasteiger partial charge on any atom is -0.497 e. The highest BCUT2D eigenvalue weighted by Crippen LogP contribution is 2.43. The summed E-state index contributed by atoms with van der Waals surface area (Å²) < 4.78 is 5.22. The molecule has 0 saturated heterocycles. The molecule has 1 saturated carbocycles. The van der Waals surface area contributed by atoms with Gasteiger partial charge in [0.15, 0.2) is 0 Å². The highest BCUT2D eigenvalue weighted by molar-refractivity contribution is 5.32. The van der Waals surface area contributed by atoms with E-state index in [1.807, 2.05) is 48.7 Å². The van der Waals surface area contributed by atoms with E-state index < -0.39 is 5.60 Å². The lowest BCUT2D eigenvalue weighted by molar-refractivity contribution is -0.0545. The summed E-state index contributed by atoms with van der Waals surface area (Å²) in [5.74, 6) is 1.04. The lowest BCUT2D eigenvalue weighted by Gasteiger charge is -2.40. The van der Waals surface area contributed by atoms with Crippen molar-refractivity contribution < 1.29 is 9.84 Å². The lowest BCUT2D eigenvalue weighted by Crippen LogP contribution is -2.39. The van der Waals surface area contributed by atoms with Gasteiger partial charge < -0.3 is 9.84 Å². The molecular formula is C19H23NO2. The van der Waals surface area contributed by atoms with Crippen LogP contribution in [-0.4, -0.2) is 17.2 Å². The van der Waals surface area contributed by atoms with Crippen molar-refractivity contribution in [2.75, 3.05) is 7.11 Å². The molecule has 3 rings (SSSR count). The molecule has 0 spiro atoms. The number of ether oxygens (including phenoxy) is 1. The van der Waals surface area contributed by atoms with Crippen molar-refractivity contribution >= 4 is 0 Å². The molecule has 1 heterocycles. The molecular weight excluding hydrogens is 274 g/mol. The Bertz CT molecular complexity index is 597. The fourth-order valence-corrected chi connectivity index (χ4v) is 3.53. The fraction of sp³-hybridized carbons (Fsp3) is 0.421. The number of nitrogens with zero attached hydrogens (tertiary/aromatic N) is 1. The van der Waals surface area contributed by atoms with Crippen LogP contribution < -0.4 is 4.74 Å². The van der Waals surface area contributed by atoms with Gasteiger partial charge in [0.05, 0.1) is 12.7 Å². The Morgan fingerprint density at radius 3 is 2.68 bits per heavy atom. The standard InChI is InChI=1S/C19H23NO2/c1-22-18-10-8-15(9-11-18)19(21)12-4-2-6-16(19)14-17-7-3-5-13-20-17/h3,5,7-11,13,16,21H,2,4,6,12,14H2,1H3/t16-,19+/m1/s1. The smallest absolute Gasteiger partial charge is 0.118 e. The third-order valence-electron chi connectivity index (χ3n) is 4.81. The molecule has 1 aliphatic carbocycles. The van der Waals surface area contributed by atoms with E-state index in [1.54, 1.807) is 7.11 Å². The summed E-state index contributed by atoms with van der Waals surface area (Å²) in [4.78, 5) is 4.43. The second-order valence-electron chi connectivity index (χ2n) is 6.12. The molecule has 0 aliphatic heterocycles. The minimum atomic E-state index is -0.762. The lowest BCUT2D eigenvalue weighted by atomic mass is 9.70. The molecule has 1 fully saturated rings. The third-order valence-corrected chi connectivity index (χ3v) is 4.81. The number of benzene rings is 1. The van der Waals surface area contributed by atoms with E-state index >= 15 is 0 Å². The van der Waals surface area contributed by atoms with Gasteiger partial charge in [-0.1, -0.05) is 31.0 Å². The third kappa shape index (κ3) is 3.00. The summed E-state index contributed by atoms with van der Waals surface area (Å²) in [5.41, 5.74) is 1.29. The number of hydrogen-bond donors (Lipinski definition) is 1. The van der Waals surface area contributed by atoms with E-state index in [2.05, 4.69) is 4.98 Å². The predicted molar refractivity (Wildman–Crippen MR) is 86.8 cm³/mol. The quantitative estimate of drug-likeness (QED) is 0.935. The molecule has 0 radical (unpaired) electrons. The van der Waals surface area contributed by atoms with Gasteiger partial charge in [-0.25, -0.2) is 0 Å². The van der Waals surface area contributed by atoms with Crippen LogP contribution >= 0.6 is 0 Å². The number of methoxy groups -OCH3 is 1. The van der Waals surface area contributed by atoms with Crippen molar-refractivity contribution in [3.8, 4) is 5.75 Å². The van der Waals surface area contributed by atoms with Crippen LogP contribution in [0.2, 0.25) is 0 Å². The van der Waals surface area contributed by atoms with E-state index in [1.165, 1.54) is 6.42 Å². The Labute approximate surface area is 132 Å². The maximum Gasteiger partial charge on any atom is 0.118 e. The summed E-state index contributed by atoms with van der Waals surface area (Å²) in [7, 11) is 1.66. The number of pyridine rings is 1. The van der Waals surface area contributed by atoms with Crippen molar-refractivity contribution in [1.29, 1.82) is 0 Å². The van der Waals surface area contributed by atoms with E-state index in [-0.39, 0.29) is 5.92 Å². The zero-order chi connectivity index (χ0) is 15.4. The first kappa shape index (κ1) is 15.0. The summed E-state index contributed by atoms with van der Waals surface area (Å²) in [5, 5.41) is 11.4. The predicted octanol–water partition coefficient (Wildman–Crippen LogP) is 3.71. The monoisotopic (exact) mass is 297 g/mol. The molecule has 1 aliphatic rings. The average molecular weight is 297 g/mol. The van der Waals surface area contributed by atoms with Crippen molar-refractivity contribution in [2.24, 2.45) is 5.92 Å². The Balaban J connectivity index is 1.86. The Morgan fingerprint density at radius 2 is 2.00 bits per heavy atom. The van der Waals surface area contributed by atoms with Crippen LogP contribution in [0.15, 0.2) is 48.7 Å². The number of aromatic nitrogens is 1. The van der Waals surface area contributed by atoms with Crippen molar-refractivity contribution in [1.82, 2.24) is 4.98 Å². The number of aliphatic hydroxyl groups is 1. The van der Waals surface area contributed by atoms with Crippen LogP contribution in [0, 0.1) is 5.92 Å². The van der Waals surface area contributed by atoms with Crippen LogP contribution in [0.3, 0.4) is 0 Å². The summed E-state index contributed by atoms with van der Waals surface area (Å²) in [6, 6.07) is 13.8. The molecule has 1 aromatic heterocycles. The van der Waals surface area contributed by atoms with E-state index in [4.69, 9.17) is 4.74 Å². The van der Waals surface area contributed by atoms with Crippen LogP contribution in [0.5, 0.6) is 5.75 Å². The first-order valence-electron chi connectivity index (χ1n) is 7.99. The molecule has 0 bridgehead atoms. The number of hydrogen-bond acceptors (Lipinski definition) is 3. The van der Waals surface area contributed by atoms with Gasteiger partial charge in [-0.3, -0.25) is 4.98 Å². The van der Waals surface area contributed by atoms with E-state index in [0.29, 0.717) is 0 Å². The van der Waals surface area contributed by atoms with Gasteiger partial charge in [-0.15, -0.1) is 0 Å². The second kappa shape index (κ2) is 6.49. The van der Waals surface area contributed by atoms with Gasteiger partial charge in [-0.05, 0) is 55.0 Å². The average Bonchev–Trinajstić information content (AvgIpc) is 2.58. The van der Waals surface area contributed by atoms with Crippen LogP contribution in [0.4, 0.5) is 0 Å². The molecule has 2 aromatic rings. The minimum absolute atomic E-state index is 0.213. The highest BCUT2D eigenvalue weighted by Gasteiger charge is 2.40. The molecule has 3 heteroatoms. The van der Waals surface area contributed by atoms with E-state index in [0.717, 1.165) is 42.7 Å². The maximum atomic E-state index is 11.4. The van der Waals surface area contributed by atoms with Crippen LogP contribution in [-0.2, 0) is 12.0 Å². The molecule has 0 unspecified atom stereocenters. The Hall–Kier alpha value is -1.87. The maximum absolute atomic E-state index is 11.4. The Morgan fingerprint density at radius 1 is 1.18 bits per heavy atom. The van der Waals surface area contributed by atoms with Gasteiger partial charge in [0, 0.05) is 11.9 Å². The first-order valence-corrected chi connectivity index (χ1v) is 7.99. The van der Waals surface area contributed by atoms with Crippen molar-refractivity contribution in [3.05, 3.63) is 59.9 Å². The van der Waals surface area contributed by atoms with Crippen LogP contribution in [0.1, 0.15) is 36.9 Å². The molecule has 2 atom stereocenters. The number of rotatable bonds is 4. The van der Waals surface area contributed by atoms with Gasteiger partial charge in [0.2, 0.25) is 0 Å². The van der Waals surface area contributed by atoms with Gasteiger partial charge >= 0.3 is 0 Å². The molecule has 22 heavy (non-hydrogen) atoms. The first-order chi connectivity index (χ1) is 10.7. The largest absolute Gasteiger partial charge is 0.497 e. The van der Waals surface area contributed by atoms with Gasteiger partial charge in [-0.2, -0.15) is 0 Å². The molecule has 1 aromatic carbocycles. The SMILES string of the molecule is COc1ccc([C@@]2(O)CCCC[C@@H]2Cc2ccccn2)cc1. The van der Waals surface area contributed by atoms with Crippen LogP contribution in [0.25, 0.3) is 0 Å². The normalized spacial score (nSPS) is 24.9. The molecule has 3 nitrogen and oxygen atoms in total. The van der Waals surface area contributed by atoms with Gasteiger partial charge in [0.25, 0.3) is 0 Å². The summed E-state index contributed by atoms with van der Waals surface area (Å²) in [6.07, 6.45) is 6.75. The molecule has 1 N–H and O–H groups in total. The zero-order valence-electron chi connectivity index (χ0n) is 13.0. The van der Waals surface area contributed by atoms with Crippen molar-refractivity contribution in [3.63, 3.8) is 0 Å². The van der Waals surface area contributed by atoms with Gasteiger partial charge in [0.1, 0.15) is 5.75 Å².